The molecular formula is C16H16ClNOS. The zero-order valence-corrected chi connectivity index (χ0v) is 12.7. The number of rotatable bonds is 5. The minimum absolute atomic E-state index is 0.0113. The summed E-state index contributed by atoms with van der Waals surface area (Å²) in [7, 11) is 0. The van der Waals surface area contributed by atoms with Gasteiger partial charge in [-0.2, -0.15) is 0 Å². The van der Waals surface area contributed by atoms with Gasteiger partial charge in [0.2, 0.25) is 5.91 Å². The maximum absolute atomic E-state index is 12.1. The Morgan fingerprint density at radius 3 is 2.20 bits per heavy atom. The number of hydrogen-bond acceptors (Lipinski definition) is 2. The number of halogens is 1. The molecule has 2 rings (SSSR count). The molecule has 0 saturated heterocycles. The fourth-order valence-electron chi connectivity index (χ4n) is 1.72. The Hall–Kier alpha value is -1.45. The summed E-state index contributed by atoms with van der Waals surface area (Å²) in [6.45, 7) is 1.96. The van der Waals surface area contributed by atoms with Crippen molar-refractivity contribution >= 4 is 35.0 Å². The number of para-hydroxylation sites is 1. The van der Waals surface area contributed by atoms with Gasteiger partial charge in [-0.25, -0.2) is 0 Å². The predicted octanol–water partition coefficient (Wildman–Crippen LogP) is 4.41. The highest BCUT2D eigenvalue weighted by Crippen LogP contribution is 2.27. The van der Waals surface area contributed by atoms with Crippen LogP contribution in [0, 0.1) is 0 Å². The summed E-state index contributed by atoms with van der Waals surface area (Å²) in [5.74, 6) is -0.172. The molecule has 20 heavy (non-hydrogen) atoms. The second-order valence-corrected chi connectivity index (χ2v) is 6.31. The number of amides is 1. The number of nitrogens with one attached hydrogen (secondary N) is 1. The Morgan fingerprint density at radius 1 is 1.05 bits per heavy atom. The molecule has 2 atom stereocenters. The third kappa shape index (κ3) is 4.29. The molecule has 0 aromatic heterocycles. The minimum atomic E-state index is -0.583. The third-order valence-corrected chi connectivity index (χ3v) is 4.68. The van der Waals surface area contributed by atoms with Crippen molar-refractivity contribution in [2.75, 3.05) is 5.32 Å². The first-order chi connectivity index (χ1) is 9.66. The predicted molar refractivity (Wildman–Crippen MR) is 86.5 cm³/mol. The lowest BCUT2D eigenvalue weighted by Gasteiger charge is -2.17. The number of alkyl halides is 1. The Balaban J connectivity index is 1.93. The molecule has 0 heterocycles. The van der Waals surface area contributed by atoms with Crippen molar-refractivity contribution < 1.29 is 4.79 Å². The fourth-order valence-corrected chi connectivity index (χ4v) is 2.91. The number of anilines is 1. The fraction of sp³-hybridized carbons (Fsp3) is 0.188. The standard InChI is InChI=1S/C16H16ClNOS/c1-12(20-14-10-6-3-7-11-14)15(17)16(19)18-13-8-4-2-5-9-13/h2-12,15H,1H3,(H,18,19). The Labute approximate surface area is 128 Å². The average molecular weight is 306 g/mol. The van der Waals surface area contributed by atoms with Crippen LogP contribution in [-0.2, 0) is 4.79 Å². The first-order valence-electron chi connectivity index (χ1n) is 6.38. The van der Waals surface area contributed by atoms with E-state index in [1.54, 1.807) is 11.8 Å². The number of hydrogen-bond donors (Lipinski definition) is 1. The van der Waals surface area contributed by atoms with E-state index in [1.807, 2.05) is 67.6 Å². The van der Waals surface area contributed by atoms with Crippen LogP contribution in [0.1, 0.15) is 6.92 Å². The summed E-state index contributed by atoms with van der Waals surface area (Å²) in [6, 6.07) is 19.3. The van der Waals surface area contributed by atoms with Crippen LogP contribution < -0.4 is 5.32 Å². The van der Waals surface area contributed by atoms with Crippen molar-refractivity contribution in [2.24, 2.45) is 0 Å². The number of carbonyl (C=O) groups excluding carboxylic acids is 1. The lowest BCUT2D eigenvalue weighted by molar-refractivity contribution is -0.115. The second-order valence-electron chi connectivity index (χ2n) is 4.39. The monoisotopic (exact) mass is 305 g/mol. The highest BCUT2D eigenvalue weighted by Gasteiger charge is 2.23. The maximum atomic E-state index is 12.1. The molecule has 1 amide bonds. The molecule has 0 aliphatic heterocycles. The zero-order chi connectivity index (χ0) is 14.4. The molecule has 2 nitrogen and oxygen atoms in total. The molecule has 2 aromatic rings. The Morgan fingerprint density at radius 2 is 1.60 bits per heavy atom. The number of carbonyl (C=O) groups is 1. The highest BCUT2D eigenvalue weighted by molar-refractivity contribution is 8.00. The van der Waals surface area contributed by atoms with E-state index in [9.17, 15) is 4.79 Å². The van der Waals surface area contributed by atoms with Crippen LogP contribution in [0.2, 0.25) is 0 Å². The van der Waals surface area contributed by atoms with Crippen molar-refractivity contribution in [3.8, 4) is 0 Å². The number of benzene rings is 2. The smallest absolute Gasteiger partial charge is 0.243 e. The van der Waals surface area contributed by atoms with E-state index in [4.69, 9.17) is 11.6 Å². The van der Waals surface area contributed by atoms with Gasteiger partial charge >= 0.3 is 0 Å². The zero-order valence-electron chi connectivity index (χ0n) is 11.1. The average Bonchev–Trinajstić information content (AvgIpc) is 2.48. The SMILES string of the molecule is CC(Sc1ccccc1)C(Cl)C(=O)Nc1ccccc1. The molecule has 4 heteroatoms. The van der Waals surface area contributed by atoms with Crippen LogP contribution >= 0.6 is 23.4 Å². The molecule has 1 N–H and O–H groups in total. The van der Waals surface area contributed by atoms with Gasteiger partial charge in [0.15, 0.2) is 0 Å². The molecule has 0 bridgehead atoms. The molecule has 0 fully saturated rings. The quantitative estimate of drug-likeness (QED) is 0.654. The molecule has 0 spiro atoms. The molecule has 104 valence electrons. The van der Waals surface area contributed by atoms with Crippen LogP contribution in [0.3, 0.4) is 0 Å². The van der Waals surface area contributed by atoms with Gasteiger partial charge in [0.05, 0.1) is 0 Å². The van der Waals surface area contributed by atoms with Crippen LogP contribution in [0.4, 0.5) is 5.69 Å². The molecule has 0 saturated carbocycles. The van der Waals surface area contributed by atoms with Gasteiger partial charge in [-0.1, -0.05) is 43.3 Å². The largest absolute Gasteiger partial charge is 0.325 e. The van der Waals surface area contributed by atoms with Gasteiger partial charge < -0.3 is 5.32 Å². The summed E-state index contributed by atoms with van der Waals surface area (Å²) in [5, 5.41) is 2.23. The van der Waals surface area contributed by atoms with Gasteiger partial charge in [-0.05, 0) is 24.3 Å². The summed E-state index contributed by atoms with van der Waals surface area (Å²) in [5.41, 5.74) is 0.764. The summed E-state index contributed by atoms with van der Waals surface area (Å²) in [4.78, 5) is 13.2. The van der Waals surface area contributed by atoms with Gasteiger partial charge in [0, 0.05) is 15.8 Å². The number of thioether (sulfide) groups is 1. The van der Waals surface area contributed by atoms with Crippen LogP contribution in [0.15, 0.2) is 65.6 Å². The van der Waals surface area contributed by atoms with Gasteiger partial charge in [-0.15, -0.1) is 23.4 Å². The first kappa shape index (κ1) is 14.9. The van der Waals surface area contributed by atoms with E-state index in [1.165, 1.54) is 0 Å². The second kappa shape index (κ2) is 7.36. The molecule has 0 aliphatic rings. The maximum Gasteiger partial charge on any atom is 0.243 e. The van der Waals surface area contributed by atoms with Crippen molar-refractivity contribution in [3.05, 3.63) is 60.7 Å². The summed E-state index contributed by atoms with van der Waals surface area (Å²) in [6.07, 6.45) is 0. The highest BCUT2D eigenvalue weighted by atomic mass is 35.5. The van der Waals surface area contributed by atoms with Crippen LogP contribution in [-0.4, -0.2) is 16.5 Å². The topological polar surface area (TPSA) is 29.1 Å². The lowest BCUT2D eigenvalue weighted by Crippen LogP contribution is -2.30. The van der Waals surface area contributed by atoms with Gasteiger partial charge in [0.25, 0.3) is 0 Å². The van der Waals surface area contributed by atoms with Crippen molar-refractivity contribution in [3.63, 3.8) is 0 Å². The Kier molecular flexibility index (Phi) is 5.50. The third-order valence-electron chi connectivity index (χ3n) is 2.77. The normalized spacial score (nSPS) is 13.5. The summed E-state index contributed by atoms with van der Waals surface area (Å²) >= 11 is 7.85. The van der Waals surface area contributed by atoms with Crippen LogP contribution in [0.5, 0.6) is 0 Å². The molecule has 0 aliphatic carbocycles. The first-order valence-corrected chi connectivity index (χ1v) is 7.70. The Bertz CT molecular complexity index is 547. The van der Waals surface area contributed by atoms with Gasteiger partial charge in [0.1, 0.15) is 5.38 Å². The van der Waals surface area contributed by atoms with Gasteiger partial charge in [-0.3, -0.25) is 4.79 Å². The lowest BCUT2D eigenvalue weighted by atomic mass is 10.2. The van der Waals surface area contributed by atoms with Crippen molar-refractivity contribution in [1.29, 1.82) is 0 Å². The van der Waals surface area contributed by atoms with E-state index in [2.05, 4.69) is 5.32 Å². The van der Waals surface area contributed by atoms with Crippen molar-refractivity contribution in [2.45, 2.75) is 22.4 Å². The molecule has 2 unspecified atom stereocenters. The van der Waals surface area contributed by atoms with Crippen molar-refractivity contribution in [1.82, 2.24) is 0 Å². The van der Waals surface area contributed by atoms with Crippen LogP contribution in [0.25, 0.3) is 0 Å². The minimum Gasteiger partial charge on any atom is -0.325 e. The van der Waals surface area contributed by atoms with E-state index < -0.39 is 5.38 Å². The molecule has 2 aromatic carbocycles. The van der Waals surface area contributed by atoms with E-state index >= 15 is 0 Å². The van der Waals surface area contributed by atoms with E-state index in [0.29, 0.717) is 0 Å². The summed E-state index contributed by atoms with van der Waals surface area (Å²) < 4.78 is 0. The van der Waals surface area contributed by atoms with E-state index in [-0.39, 0.29) is 11.2 Å². The molecular weight excluding hydrogens is 290 g/mol. The van der Waals surface area contributed by atoms with E-state index in [0.717, 1.165) is 10.6 Å². The molecule has 0 radical (unpaired) electrons.